The summed E-state index contributed by atoms with van der Waals surface area (Å²) in [6.45, 7) is 2.83. The van der Waals surface area contributed by atoms with Crippen molar-refractivity contribution in [3.05, 3.63) is 101 Å². The van der Waals surface area contributed by atoms with Crippen LogP contribution in [0.25, 0.3) is 0 Å². The topological polar surface area (TPSA) is 30.9 Å². The molecule has 0 fully saturated rings. The first kappa shape index (κ1) is 21.1. The summed E-state index contributed by atoms with van der Waals surface area (Å²) in [6, 6.07) is 27.4. The van der Waals surface area contributed by atoms with Gasteiger partial charge >= 0.3 is 0 Å². The van der Waals surface area contributed by atoms with Crippen molar-refractivity contribution in [1.29, 1.82) is 0 Å². The maximum Gasteiger partial charge on any atom is 0.190 e. The van der Waals surface area contributed by atoms with E-state index < -0.39 is 0 Å². The molecule has 3 aromatic carbocycles. The van der Waals surface area contributed by atoms with Crippen LogP contribution in [0.4, 0.5) is 5.69 Å². The van der Waals surface area contributed by atoms with Gasteiger partial charge in [-0.15, -0.1) is 0 Å². The van der Waals surface area contributed by atoms with E-state index in [0.717, 1.165) is 23.4 Å². The van der Waals surface area contributed by atoms with Crippen molar-refractivity contribution in [3.8, 4) is 0 Å². The van der Waals surface area contributed by atoms with Gasteiger partial charge in [0, 0.05) is 32.7 Å². The van der Waals surface area contributed by atoms with Crippen molar-refractivity contribution in [3.63, 3.8) is 0 Å². The first-order chi connectivity index (χ1) is 15.0. The SMILES string of the molecule is Cc1ccccc1[C@@H]1CC(c2cccc(N(C)C)c2)=NN1C(=S)NCc1ccccc1. The fraction of sp³-hybridized carbons (Fsp3) is 0.231. The van der Waals surface area contributed by atoms with E-state index in [0.29, 0.717) is 11.7 Å². The molecule has 1 aliphatic heterocycles. The van der Waals surface area contributed by atoms with Crippen LogP contribution in [0, 0.1) is 6.92 Å². The molecule has 0 saturated carbocycles. The average molecular weight is 429 g/mol. The highest BCUT2D eigenvalue weighted by atomic mass is 32.1. The Morgan fingerprint density at radius 2 is 1.77 bits per heavy atom. The summed E-state index contributed by atoms with van der Waals surface area (Å²) in [4.78, 5) is 2.11. The Morgan fingerprint density at radius 3 is 2.52 bits per heavy atom. The van der Waals surface area contributed by atoms with Gasteiger partial charge in [0.25, 0.3) is 0 Å². The van der Waals surface area contributed by atoms with E-state index in [1.54, 1.807) is 0 Å². The smallest absolute Gasteiger partial charge is 0.190 e. The van der Waals surface area contributed by atoms with Gasteiger partial charge in [0.1, 0.15) is 0 Å². The third-order valence-electron chi connectivity index (χ3n) is 5.65. The molecule has 0 aromatic heterocycles. The summed E-state index contributed by atoms with van der Waals surface area (Å²) in [6.07, 6.45) is 0.814. The molecule has 4 nitrogen and oxygen atoms in total. The van der Waals surface area contributed by atoms with E-state index in [1.165, 1.54) is 16.7 Å². The van der Waals surface area contributed by atoms with Crippen molar-refractivity contribution in [2.45, 2.75) is 25.9 Å². The van der Waals surface area contributed by atoms with Crippen molar-refractivity contribution >= 4 is 28.7 Å². The average Bonchev–Trinajstić information content (AvgIpc) is 3.24. The van der Waals surface area contributed by atoms with Gasteiger partial charge in [-0.25, -0.2) is 5.01 Å². The summed E-state index contributed by atoms with van der Waals surface area (Å²) in [7, 11) is 4.11. The van der Waals surface area contributed by atoms with Gasteiger partial charge < -0.3 is 10.2 Å². The van der Waals surface area contributed by atoms with E-state index in [4.69, 9.17) is 17.3 Å². The summed E-state index contributed by atoms with van der Waals surface area (Å²) in [5.74, 6) is 0. The Balaban J connectivity index is 1.63. The fourth-order valence-corrected chi connectivity index (χ4v) is 4.13. The van der Waals surface area contributed by atoms with Crippen LogP contribution in [0.3, 0.4) is 0 Å². The monoisotopic (exact) mass is 428 g/mol. The predicted octanol–water partition coefficient (Wildman–Crippen LogP) is 5.29. The molecule has 0 spiro atoms. The zero-order valence-corrected chi connectivity index (χ0v) is 19.1. The largest absolute Gasteiger partial charge is 0.378 e. The molecule has 0 aliphatic carbocycles. The molecule has 1 heterocycles. The lowest BCUT2D eigenvalue weighted by atomic mass is 9.95. The lowest BCUT2D eigenvalue weighted by Crippen LogP contribution is -2.36. The number of hydrazone groups is 1. The van der Waals surface area contributed by atoms with Crippen LogP contribution in [0.2, 0.25) is 0 Å². The third-order valence-corrected chi connectivity index (χ3v) is 5.98. The zero-order valence-electron chi connectivity index (χ0n) is 18.2. The van der Waals surface area contributed by atoms with Gasteiger partial charge in [-0.2, -0.15) is 5.10 Å². The zero-order chi connectivity index (χ0) is 21.8. The molecule has 0 amide bonds. The Morgan fingerprint density at radius 1 is 1.03 bits per heavy atom. The maximum absolute atomic E-state index is 5.80. The van der Waals surface area contributed by atoms with Crippen molar-refractivity contribution < 1.29 is 0 Å². The molecule has 1 atom stereocenters. The molecule has 0 bridgehead atoms. The van der Waals surface area contributed by atoms with Crippen molar-refractivity contribution in [2.75, 3.05) is 19.0 Å². The number of aryl methyl sites for hydroxylation is 1. The first-order valence-electron chi connectivity index (χ1n) is 10.5. The molecular formula is C26H28N4S. The van der Waals surface area contributed by atoms with Crippen LogP contribution in [-0.4, -0.2) is 29.9 Å². The Hall–Kier alpha value is -3.18. The van der Waals surface area contributed by atoms with Gasteiger partial charge in [-0.1, -0.05) is 66.7 Å². The number of hydrogen-bond acceptors (Lipinski definition) is 3. The van der Waals surface area contributed by atoms with Crippen LogP contribution >= 0.6 is 12.2 Å². The minimum atomic E-state index is 0.0787. The third kappa shape index (κ3) is 4.78. The van der Waals surface area contributed by atoms with Crippen molar-refractivity contribution in [1.82, 2.24) is 10.3 Å². The number of benzene rings is 3. The number of anilines is 1. The number of rotatable bonds is 5. The second-order valence-electron chi connectivity index (χ2n) is 8.06. The van der Waals surface area contributed by atoms with Gasteiger partial charge in [-0.05, 0) is 53.5 Å². The summed E-state index contributed by atoms with van der Waals surface area (Å²) in [5, 5.41) is 11.0. The molecule has 158 valence electrons. The number of nitrogens with zero attached hydrogens (tertiary/aromatic N) is 3. The summed E-state index contributed by atoms with van der Waals surface area (Å²) in [5.41, 5.74) is 7.06. The molecule has 31 heavy (non-hydrogen) atoms. The minimum Gasteiger partial charge on any atom is -0.378 e. The minimum absolute atomic E-state index is 0.0787. The van der Waals surface area contributed by atoms with E-state index in [1.807, 2.05) is 23.2 Å². The summed E-state index contributed by atoms with van der Waals surface area (Å²) >= 11 is 5.80. The quantitative estimate of drug-likeness (QED) is 0.560. The summed E-state index contributed by atoms with van der Waals surface area (Å²) < 4.78 is 0. The van der Waals surface area contributed by atoms with Crippen LogP contribution < -0.4 is 10.2 Å². The molecule has 0 saturated heterocycles. The predicted molar refractivity (Wildman–Crippen MR) is 134 cm³/mol. The molecule has 3 aromatic rings. The van der Waals surface area contributed by atoms with E-state index in [-0.39, 0.29) is 6.04 Å². The molecule has 0 unspecified atom stereocenters. The highest BCUT2D eigenvalue weighted by molar-refractivity contribution is 7.80. The van der Waals surface area contributed by atoms with E-state index in [9.17, 15) is 0 Å². The van der Waals surface area contributed by atoms with Crippen LogP contribution in [-0.2, 0) is 6.54 Å². The first-order valence-corrected chi connectivity index (χ1v) is 11.0. The standard InChI is InChI=1S/C26H28N4S/c1-19-10-7-8-15-23(19)25-17-24(21-13-9-14-22(16-21)29(2)3)28-30(25)26(31)27-18-20-11-5-4-6-12-20/h4-16,25H,17-18H2,1-3H3,(H,27,31)/t25-/m0/s1. The molecular weight excluding hydrogens is 400 g/mol. The van der Waals surface area contributed by atoms with Gasteiger partial charge in [0.05, 0.1) is 11.8 Å². The van der Waals surface area contributed by atoms with Crippen molar-refractivity contribution in [2.24, 2.45) is 5.10 Å². The van der Waals surface area contributed by atoms with Crippen LogP contribution in [0.5, 0.6) is 0 Å². The number of hydrogen-bond donors (Lipinski definition) is 1. The molecule has 5 heteroatoms. The van der Waals surface area contributed by atoms with E-state index in [2.05, 4.69) is 91.9 Å². The van der Waals surface area contributed by atoms with Gasteiger partial charge in [0.2, 0.25) is 0 Å². The second-order valence-corrected chi connectivity index (χ2v) is 8.44. The Labute approximate surface area is 190 Å². The lowest BCUT2D eigenvalue weighted by molar-refractivity contribution is 0.362. The second kappa shape index (κ2) is 9.31. The van der Waals surface area contributed by atoms with Crippen LogP contribution in [0.15, 0.2) is 84.0 Å². The molecule has 0 radical (unpaired) electrons. The number of thiocarbonyl (C=S) groups is 1. The number of nitrogens with one attached hydrogen (secondary N) is 1. The van der Waals surface area contributed by atoms with E-state index >= 15 is 0 Å². The van der Waals surface area contributed by atoms with Gasteiger partial charge in [-0.3, -0.25) is 0 Å². The Kier molecular flexibility index (Phi) is 6.33. The highest BCUT2D eigenvalue weighted by Gasteiger charge is 2.32. The maximum atomic E-state index is 5.80. The molecule has 1 N–H and O–H groups in total. The lowest BCUT2D eigenvalue weighted by Gasteiger charge is -2.26. The Bertz CT molecular complexity index is 1090. The normalized spacial score (nSPS) is 15.5. The fourth-order valence-electron chi connectivity index (χ4n) is 3.89. The molecule has 1 aliphatic rings. The molecule has 4 rings (SSSR count). The highest BCUT2D eigenvalue weighted by Crippen LogP contribution is 2.35. The van der Waals surface area contributed by atoms with Gasteiger partial charge in [0.15, 0.2) is 5.11 Å². The van der Waals surface area contributed by atoms with Crippen LogP contribution in [0.1, 0.15) is 34.7 Å².